The second-order valence-corrected chi connectivity index (χ2v) is 10.0. The Hall–Kier alpha value is -1.64. The number of rotatable bonds is 7. The Labute approximate surface area is 181 Å². The number of benzene rings is 1. The number of anilines is 1. The molecule has 8 heteroatoms. The van der Waals surface area contributed by atoms with Crippen LogP contribution in [0.5, 0.6) is 5.88 Å². The molecule has 0 fully saturated rings. The van der Waals surface area contributed by atoms with Gasteiger partial charge in [-0.1, -0.05) is 56.1 Å². The predicted octanol–water partition coefficient (Wildman–Crippen LogP) is 6.54. The summed E-state index contributed by atoms with van der Waals surface area (Å²) < 4.78 is 7.34. The molecule has 1 aliphatic heterocycles. The van der Waals surface area contributed by atoms with Crippen molar-refractivity contribution in [1.29, 1.82) is 0 Å². The van der Waals surface area contributed by atoms with Crippen LogP contribution >= 0.6 is 39.0 Å². The molecule has 2 aromatic heterocycles. The monoisotopic (exact) mass is 476 g/mol. The predicted molar refractivity (Wildman–Crippen MR) is 119 cm³/mol. The van der Waals surface area contributed by atoms with E-state index in [0.29, 0.717) is 16.7 Å². The van der Waals surface area contributed by atoms with Gasteiger partial charge in [0, 0.05) is 17.0 Å². The van der Waals surface area contributed by atoms with Crippen molar-refractivity contribution in [3.05, 3.63) is 45.1 Å². The summed E-state index contributed by atoms with van der Waals surface area (Å²) in [4.78, 5) is 5.76. The van der Waals surface area contributed by atoms with Crippen LogP contribution in [0.3, 0.4) is 0 Å². The van der Waals surface area contributed by atoms with Crippen LogP contribution in [0.25, 0.3) is 11.3 Å². The average molecular weight is 477 g/mol. The highest BCUT2D eigenvalue weighted by molar-refractivity contribution is 9.11. The van der Waals surface area contributed by atoms with E-state index in [1.165, 1.54) is 19.3 Å². The van der Waals surface area contributed by atoms with E-state index >= 15 is 0 Å². The number of thioether (sulfide) groups is 1. The zero-order valence-corrected chi connectivity index (χ0v) is 18.7. The first-order valence-electron chi connectivity index (χ1n) is 9.40. The molecule has 3 heterocycles. The van der Waals surface area contributed by atoms with Crippen molar-refractivity contribution in [1.82, 2.24) is 15.2 Å². The van der Waals surface area contributed by atoms with E-state index in [0.717, 1.165) is 32.1 Å². The highest BCUT2D eigenvalue weighted by Crippen LogP contribution is 2.41. The van der Waals surface area contributed by atoms with E-state index < -0.39 is 0 Å². The summed E-state index contributed by atoms with van der Waals surface area (Å²) in [5.74, 6) is 1.52. The Morgan fingerprint density at radius 1 is 1.14 bits per heavy atom. The van der Waals surface area contributed by atoms with Crippen molar-refractivity contribution in [2.24, 2.45) is 0 Å². The number of unbranched alkanes of at least 4 members (excludes halogenated alkanes) is 3. The Bertz CT molecular complexity index is 949. The largest absolute Gasteiger partial charge is 0.447 e. The van der Waals surface area contributed by atoms with Crippen LogP contribution in [-0.2, 0) is 0 Å². The van der Waals surface area contributed by atoms with Crippen LogP contribution in [0.4, 0.5) is 5.69 Å². The van der Waals surface area contributed by atoms with Gasteiger partial charge in [-0.2, -0.15) is 4.98 Å². The van der Waals surface area contributed by atoms with Crippen molar-refractivity contribution in [3.8, 4) is 17.1 Å². The van der Waals surface area contributed by atoms with Gasteiger partial charge in [0.05, 0.1) is 8.66 Å². The molecule has 0 bridgehead atoms. The fourth-order valence-corrected chi connectivity index (χ4v) is 5.18. The maximum absolute atomic E-state index is 6.28. The molecule has 0 amide bonds. The zero-order valence-electron chi connectivity index (χ0n) is 15.5. The number of ether oxygens (including phenoxy) is 1. The minimum Gasteiger partial charge on any atom is -0.447 e. The van der Waals surface area contributed by atoms with Crippen LogP contribution in [0, 0.1) is 0 Å². The molecule has 4 rings (SSSR count). The van der Waals surface area contributed by atoms with Crippen molar-refractivity contribution >= 4 is 44.7 Å². The van der Waals surface area contributed by atoms with Gasteiger partial charge in [-0.25, -0.2) is 0 Å². The number of thiophene rings is 1. The third-order valence-corrected chi connectivity index (χ3v) is 7.01. The van der Waals surface area contributed by atoms with E-state index in [9.17, 15) is 0 Å². The van der Waals surface area contributed by atoms with E-state index in [-0.39, 0.29) is 6.23 Å². The molecule has 146 valence electrons. The fourth-order valence-electron chi connectivity index (χ4n) is 3.00. The normalized spacial score (nSPS) is 15.1. The van der Waals surface area contributed by atoms with Gasteiger partial charge in [-0.3, -0.25) is 0 Å². The first-order chi connectivity index (χ1) is 13.7. The number of nitrogens with one attached hydrogen (secondary N) is 1. The average Bonchev–Trinajstić information content (AvgIpc) is 3.07. The molecule has 0 unspecified atom stereocenters. The number of nitrogens with zero attached hydrogens (tertiary/aromatic N) is 3. The zero-order chi connectivity index (χ0) is 19.3. The lowest BCUT2D eigenvalue weighted by Gasteiger charge is -2.17. The van der Waals surface area contributed by atoms with Crippen LogP contribution < -0.4 is 10.1 Å². The third kappa shape index (κ3) is 4.50. The van der Waals surface area contributed by atoms with E-state index in [1.807, 2.05) is 30.3 Å². The summed E-state index contributed by atoms with van der Waals surface area (Å²) in [5.41, 5.74) is 2.60. The topological polar surface area (TPSA) is 59.9 Å². The summed E-state index contributed by atoms with van der Waals surface area (Å²) in [7, 11) is 0. The first kappa shape index (κ1) is 19.7. The highest BCUT2D eigenvalue weighted by atomic mass is 79.9. The van der Waals surface area contributed by atoms with Gasteiger partial charge in [0.2, 0.25) is 17.3 Å². The van der Waals surface area contributed by atoms with Crippen molar-refractivity contribution < 1.29 is 4.74 Å². The molecule has 0 aliphatic carbocycles. The molecule has 1 aromatic carbocycles. The highest BCUT2D eigenvalue weighted by Gasteiger charge is 2.26. The summed E-state index contributed by atoms with van der Waals surface area (Å²) >= 11 is 6.82. The minimum absolute atomic E-state index is 0.321. The molecule has 0 saturated heterocycles. The fraction of sp³-hybridized carbons (Fsp3) is 0.350. The molecule has 5 nitrogen and oxygen atoms in total. The molecule has 0 saturated carbocycles. The molecule has 1 aliphatic rings. The SMILES string of the molecule is CCCCCCSc1nnc2c(n1)O[C@H](c1ccc(Br)s1)Nc1ccccc1-2. The second kappa shape index (κ2) is 9.24. The number of hydrogen-bond donors (Lipinski definition) is 1. The minimum atomic E-state index is -0.321. The number of aromatic nitrogens is 3. The molecule has 3 aromatic rings. The number of hydrogen-bond acceptors (Lipinski definition) is 7. The Kier molecular flexibility index (Phi) is 6.49. The summed E-state index contributed by atoms with van der Waals surface area (Å²) in [5, 5.41) is 12.9. The molecule has 0 spiro atoms. The summed E-state index contributed by atoms with van der Waals surface area (Å²) in [6.45, 7) is 2.22. The van der Waals surface area contributed by atoms with Crippen LogP contribution in [0.2, 0.25) is 0 Å². The summed E-state index contributed by atoms with van der Waals surface area (Å²) in [6, 6.07) is 12.1. The molecular formula is C20H21BrN4OS2. The maximum atomic E-state index is 6.28. The van der Waals surface area contributed by atoms with Gasteiger partial charge < -0.3 is 10.1 Å². The van der Waals surface area contributed by atoms with Gasteiger partial charge in [-0.15, -0.1) is 21.5 Å². The maximum Gasteiger partial charge on any atom is 0.247 e. The number of fused-ring (bicyclic) bond motifs is 3. The summed E-state index contributed by atoms with van der Waals surface area (Å²) in [6.07, 6.45) is 4.59. The van der Waals surface area contributed by atoms with E-state index in [2.05, 4.69) is 44.4 Å². The quantitative estimate of drug-likeness (QED) is 0.308. The standard InChI is InChI=1S/C20H21BrN4OS2/c1-2-3-4-7-12-27-20-23-19-17(24-25-20)13-8-5-6-9-14(13)22-18(26-19)15-10-11-16(21)28-15/h5-6,8-11,18,22H,2-4,7,12H2,1H3/t18-/m1/s1. The molecule has 28 heavy (non-hydrogen) atoms. The van der Waals surface area contributed by atoms with E-state index in [1.54, 1.807) is 23.1 Å². The van der Waals surface area contributed by atoms with Crippen molar-refractivity contribution in [2.45, 2.75) is 44.0 Å². The number of para-hydroxylation sites is 1. The Morgan fingerprint density at radius 3 is 2.86 bits per heavy atom. The lowest BCUT2D eigenvalue weighted by molar-refractivity contribution is 0.229. The molecule has 1 N–H and O–H groups in total. The Morgan fingerprint density at radius 2 is 2.04 bits per heavy atom. The lowest BCUT2D eigenvalue weighted by Crippen LogP contribution is -2.15. The van der Waals surface area contributed by atoms with Gasteiger partial charge in [0.1, 0.15) is 0 Å². The number of halogens is 1. The van der Waals surface area contributed by atoms with Crippen molar-refractivity contribution in [2.75, 3.05) is 11.1 Å². The first-order valence-corrected chi connectivity index (χ1v) is 12.0. The second-order valence-electron chi connectivity index (χ2n) is 6.49. The van der Waals surface area contributed by atoms with Crippen LogP contribution in [0.15, 0.2) is 45.3 Å². The lowest BCUT2D eigenvalue weighted by atomic mass is 10.1. The third-order valence-electron chi connectivity index (χ3n) is 4.42. The van der Waals surface area contributed by atoms with Crippen molar-refractivity contribution in [3.63, 3.8) is 0 Å². The van der Waals surface area contributed by atoms with Gasteiger partial charge >= 0.3 is 0 Å². The molecule has 0 radical (unpaired) electrons. The van der Waals surface area contributed by atoms with Crippen LogP contribution in [-0.4, -0.2) is 20.9 Å². The molecular weight excluding hydrogens is 456 g/mol. The Balaban J connectivity index is 1.61. The smallest absolute Gasteiger partial charge is 0.247 e. The van der Waals surface area contributed by atoms with Gasteiger partial charge in [0.25, 0.3) is 0 Å². The van der Waals surface area contributed by atoms with Crippen LogP contribution in [0.1, 0.15) is 43.7 Å². The molecule has 1 atom stereocenters. The van der Waals surface area contributed by atoms with E-state index in [4.69, 9.17) is 9.72 Å². The van der Waals surface area contributed by atoms with Gasteiger partial charge in [0.15, 0.2) is 5.69 Å². The van der Waals surface area contributed by atoms with Gasteiger partial charge in [-0.05, 0) is 40.5 Å².